The van der Waals surface area contributed by atoms with E-state index in [0.29, 0.717) is 11.5 Å². The minimum atomic E-state index is -0.872. The number of aromatic carboxylic acids is 1. The third kappa shape index (κ3) is 4.37. The molecule has 2 heterocycles. The Morgan fingerprint density at radius 1 is 1.04 bits per heavy atom. The molecule has 2 aromatic rings. The monoisotopic (exact) mass is 379 g/mol. The average molecular weight is 380 g/mol. The van der Waals surface area contributed by atoms with Crippen LogP contribution in [0.3, 0.4) is 0 Å². The van der Waals surface area contributed by atoms with Gasteiger partial charge in [0.05, 0.1) is 5.56 Å². The van der Waals surface area contributed by atoms with E-state index in [1.165, 1.54) is 24.0 Å². The van der Waals surface area contributed by atoms with E-state index in [9.17, 15) is 4.79 Å². The standard InChI is InChI=1S/C23H29N3O2/c27-23(28)18-7-9-21(10-8-18)26-14-12-25(13-15-26)17-20-4-1-2-6-22(20)19-5-3-11-24-16-19/h1-2,4,6-10,19,24H,3,5,11-17H2,(H,27,28). The quantitative estimate of drug-likeness (QED) is 0.836. The van der Waals surface area contributed by atoms with E-state index in [2.05, 4.69) is 39.4 Å². The minimum Gasteiger partial charge on any atom is -0.478 e. The molecule has 0 spiro atoms. The van der Waals surface area contributed by atoms with Crippen molar-refractivity contribution in [3.05, 3.63) is 65.2 Å². The maximum atomic E-state index is 11.0. The minimum absolute atomic E-state index is 0.344. The second-order valence-electron chi connectivity index (χ2n) is 7.86. The Morgan fingerprint density at radius 2 is 1.79 bits per heavy atom. The first-order valence-corrected chi connectivity index (χ1v) is 10.3. The van der Waals surface area contributed by atoms with Crippen molar-refractivity contribution in [1.82, 2.24) is 10.2 Å². The Kier molecular flexibility index (Phi) is 5.93. The maximum absolute atomic E-state index is 11.0. The number of piperazine rings is 1. The predicted octanol–water partition coefficient (Wildman–Crippen LogP) is 3.17. The fourth-order valence-electron chi connectivity index (χ4n) is 4.41. The van der Waals surface area contributed by atoms with Gasteiger partial charge in [-0.25, -0.2) is 4.79 Å². The first kappa shape index (κ1) is 19.0. The molecule has 5 nitrogen and oxygen atoms in total. The highest BCUT2D eigenvalue weighted by atomic mass is 16.4. The lowest BCUT2D eigenvalue weighted by Crippen LogP contribution is -2.46. The van der Waals surface area contributed by atoms with Crippen molar-refractivity contribution in [3.63, 3.8) is 0 Å². The number of hydrogen-bond acceptors (Lipinski definition) is 4. The number of piperidine rings is 1. The van der Waals surface area contributed by atoms with E-state index in [1.54, 1.807) is 12.1 Å². The summed E-state index contributed by atoms with van der Waals surface area (Å²) in [5.41, 5.74) is 4.44. The van der Waals surface area contributed by atoms with Gasteiger partial charge in [-0.2, -0.15) is 0 Å². The number of benzene rings is 2. The van der Waals surface area contributed by atoms with Gasteiger partial charge in [-0.05, 0) is 60.7 Å². The molecule has 148 valence electrons. The molecule has 2 fully saturated rings. The van der Waals surface area contributed by atoms with Crippen molar-refractivity contribution >= 4 is 11.7 Å². The zero-order valence-corrected chi connectivity index (χ0v) is 16.3. The molecule has 5 heteroatoms. The Balaban J connectivity index is 1.36. The normalized spacial score (nSPS) is 20.9. The molecule has 28 heavy (non-hydrogen) atoms. The van der Waals surface area contributed by atoms with Crippen molar-refractivity contribution in [3.8, 4) is 0 Å². The topological polar surface area (TPSA) is 55.8 Å². The molecule has 4 rings (SSSR count). The van der Waals surface area contributed by atoms with Crippen LogP contribution in [0.25, 0.3) is 0 Å². The molecule has 0 amide bonds. The van der Waals surface area contributed by atoms with Gasteiger partial charge < -0.3 is 15.3 Å². The molecule has 1 atom stereocenters. The summed E-state index contributed by atoms with van der Waals surface area (Å²) in [4.78, 5) is 15.9. The maximum Gasteiger partial charge on any atom is 0.335 e. The molecule has 0 bridgehead atoms. The van der Waals surface area contributed by atoms with Crippen LogP contribution < -0.4 is 10.2 Å². The van der Waals surface area contributed by atoms with Crippen LogP contribution in [-0.4, -0.2) is 55.2 Å². The fourth-order valence-corrected chi connectivity index (χ4v) is 4.41. The number of hydrogen-bond donors (Lipinski definition) is 2. The third-order valence-corrected chi connectivity index (χ3v) is 6.04. The van der Waals surface area contributed by atoms with E-state index < -0.39 is 5.97 Å². The van der Waals surface area contributed by atoms with Gasteiger partial charge in [0.25, 0.3) is 0 Å². The van der Waals surface area contributed by atoms with Gasteiger partial charge in [0.1, 0.15) is 0 Å². The van der Waals surface area contributed by atoms with Crippen LogP contribution in [0.15, 0.2) is 48.5 Å². The van der Waals surface area contributed by atoms with Crippen LogP contribution in [0.4, 0.5) is 5.69 Å². The van der Waals surface area contributed by atoms with E-state index in [0.717, 1.165) is 51.5 Å². The van der Waals surface area contributed by atoms with Crippen LogP contribution in [0, 0.1) is 0 Å². The number of nitrogens with zero attached hydrogens (tertiary/aromatic N) is 2. The molecule has 2 aromatic carbocycles. The van der Waals surface area contributed by atoms with Gasteiger partial charge >= 0.3 is 5.97 Å². The summed E-state index contributed by atoms with van der Waals surface area (Å²) < 4.78 is 0. The lowest BCUT2D eigenvalue weighted by Gasteiger charge is -2.37. The van der Waals surface area contributed by atoms with Crippen molar-refractivity contribution in [1.29, 1.82) is 0 Å². The molecule has 2 saturated heterocycles. The van der Waals surface area contributed by atoms with Crippen molar-refractivity contribution in [2.75, 3.05) is 44.2 Å². The Hall–Kier alpha value is -2.37. The summed E-state index contributed by atoms with van der Waals surface area (Å²) >= 11 is 0. The predicted molar refractivity (Wildman–Crippen MR) is 112 cm³/mol. The Bertz CT molecular complexity index is 792. The van der Waals surface area contributed by atoms with Gasteiger partial charge in [-0.1, -0.05) is 24.3 Å². The number of carboxylic acid groups (broad SMARTS) is 1. The van der Waals surface area contributed by atoms with Crippen molar-refractivity contribution < 1.29 is 9.90 Å². The molecule has 1 unspecified atom stereocenters. The van der Waals surface area contributed by atoms with Crippen molar-refractivity contribution in [2.45, 2.75) is 25.3 Å². The molecule has 2 aliphatic heterocycles. The smallest absolute Gasteiger partial charge is 0.335 e. The summed E-state index contributed by atoms with van der Waals surface area (Å²) in [6.45, 7) is 7.25. The van der Waals surface area contributed by atoms with Crippen LogP contribution in [0.2, 0.25) is 0 Å². The molecular formula is C23H29N3O2. The molecule has 0 saturated carbocycles. The van der Waals surface area contributed by atoms with Gasteiger partial charge in [0, 0.05) is 45.0 Å². The van der Waals surface area contributed by atoms with E-state index in [-0.39, 0.29) is 0 Å². The number of anilines is 1. The number of carbonyl (C=O) groups is 1. The highest BCUT2D eigenvalue weighted by molar-refractivity contribution is 5.88. The van der Waals surface area contributed by atoms with Crippen molar-refractivity contribution in [2.24, 2.45) is 0 Å². The summed E-state index contributed by atoms with van der Waals surface area (Å²) in [5.74, 6) is -0.234. The van der Waals surface area contributed by atoms with Gasteiger partial charge in [-0.15, -0.1) is 0 Å². The van der Waals surface area contributed by atoms with Gasteiger partial charge in [0.15, 0.2) is 0 Å². The summed E-state index contributed by atoms with van der Waals surface area (Å²) in [6, 6.07) is 16.2. The zero-order chi connectivity index (χ0) is 19.3. The molecule has 0 radical (unpaired) electrons. The largest absolute Gasteiger partial charge is 0.478 e. The SMILES string of the molecule is O=C(O)c1ccc(N2CCN(Cc3ccccc3C3CCCNC3)CC2)cc1. The highest BCUT2D eigenvalue weighted by Gasteiger charge is 2.21. The van der Waals surface area contributed by atoms with Gasteiger partial charge in [0.2, 0.25) is 0 Å². The molecule has 2 aliphatic rings. The first-order valence-electron chi connectivity index (χ1n) is 10.3. The lowest BCUT2D eigenvalue weighted by atomic mass is 9.88. The highest BCUT2D eigenvalue weighted by Crippen LogP contribution is 2.27. The average Bonchev–Trinajstić information content (AvgIpc) is 2.75. The number of nitrogens with one attached hydrogen (secondary N) is 1. The number of rotatable bonds is 5. The lowest BCUT2D eigenvalue weighted by molar-refractivity contribution is 0.0697. The van der Waals surface area contributed by atoms with Crippen LogP contribution in [0.1, 0.15) is 40.2 Å². The molecule has 0 aromatic heterocycles. The summed E-state index contributed by atoms with van der Waals surface area (Å²) in [6.07, 6.45) is 2.54. The van der Waals surface area contributed by atoms with Crippen LogP contribution in [0.5, 0.6) is 0 Å². The summed E-state index contributed by atoms with van der Waals surface area (Å²) in [7, 11) is 0. The Morgan fingerprint density at radius 3 is 2.46 bits per heavy atom. The third-order valence-electron chi connectivity index (χ3n) is 6.04. The van der Waals surface area contributed by atoms with E-state index >= 15 is 0 Å². The Labute approximate surface area is 167 Å². The second-order valence-corrected chi connectivity index (χ2v) is 7.86. The summed E-state index contributed by atoms with van der Waals surface area (Å²) in [5, 5.41) is 12.6. The van der Waals surface area contributed by atoms with E-state index in [4.69, 9.17) is 5.11 Å². The number of carboxylic acids is 1. The second kappa shape index (κ2) is 8.76. The molecule has 0 aliphatic carbocycles. The molecule has 2 N–H and O–H groups in total. The van der Waals surface area contributed by atoms with Crippen LogP contribution in [-0.2, 0) is 6.54 Å². The van der Waals surface area contributed by atoms with Crippen LogP contribution >= 0.6 is 0 Å². The first-order chi connectivity index (χ1) is 13.7. The molecular weight excluding hydrogens is 350 g/mol. The van der Waals surface area contributed by atoms with Gasteiger partial charge in [-0.3, -0.25) is 4.90 Å². The van der Waals surface area contributed by atoms with E-state index in [1.807, 2.05) is 12.1 Å². The fraction of sp³-hybridized carbons (Fsp3) is 0.435. The zero-order valence-electron chi connectivity index (χ0n) is 16.3.